The molecule has 40 heavy (non-hydrogen) atoms. The number of benzene rings is 1. The fraction of sp³-hybridized carbons (Fsp3) is 0.429. The predicted molar refractivity (Wildman–Crippen MR) is 151 cm³/mol. The largest absolute Gasteiger partial charge is 0.383 e. The molecule has 0 saturated carbocycles. The number of nitrogens with one attached hydrogen (secondary N) is 3. The minimum absolute atomic E-state index is 0.171. The summed E-state index contributed by atoms with van der Waals surface area (Å²) >= 11 is 0. The van der Waals surface area contributed by atoms with E-state index in [1.165, 1.54) is 0 Å². The van der Waals surface area contributed by atoms with Gasteiger partial charge in [0.15, 0.2) is 5.69 Å². The van der Waals surface area contributed by atoms with Gasteiger partial charge in [-0.25, -0.2) is 14.6 Å². The molecule has 1 aliphatic heterocycles. The highest BCUT2D eigenvalue weighted by Gasteiger charge is 2.26. The van der Waals surface area contributed by atoms with Crippen LogP contribution < -0.4 is 10.6 Å². The van der Waals surface area contributed by atoms with Crippen molar-refractivity contribution < 1.29 is 9.53 Å². The van der Waals surface area contributed by atoms with Crippen LogP contribution in [0.15, 0.2) is 42.9 Å². The molecule has 0 saturated heterocycles. The van der Waals surface area contributed by atoms with Gasteiger partial charge >= 0.3 is 0 Å². The summed E-state index contributed by atoms with van der Waals surface area (Å²) in [7, 11) is 1.71. The lowest BCUT2D eigenvalue weighted by atomic mass is 9.96. The van der Waals surface area contributed by atoms with Gasteiger partial charge in [0.05, 0.1) is 41.5 Å². The van der Waals surface area contributed by atoms with E-state index >= 15 is 0 Å². The number of methoxy groups -OCH3 is 1. The number of aryl methyl sites for hydroxylation is 1. The Labute approximate surface area is 233 Å². The third kappa shape index (κ3) is 6.18. The Morgan fingerprint density at radius 2 is 2.10 bits per heavy atom. The van der Waals surface area contributed by atoms with E-state index < -0.39 is 0 Å². The van der Waals surface area contributed by atoms with Gasteiger partial charge < -0.3 is 15.4 Å². The first-order chi connectivity index (χ1) is 19.2. The van der Waals surface area contributed by atoms with E-state index in [9.17, 15) is 4.79 Å². The Kier molecular flexibility index (Phi) is 7.90. The van der Waals surface area contributed by atoms with Crippen molar-refractivity contribution in [2.75, 3.05) is 32.1 Å². The number of nitrogens with zero attached hydrogens (tertiary/aromatic N) is 7. The normalized spacial score (nSPS) is 15.9. The Hall–Kier alpha value is -4.16. The number of fused-ring (bicyclic) bond motifs is 1. The van der Waals surface area contributed by atoms with E-state index in [0.29, 0.717) is 18.2 Å². The van der Waals surface area contributed by atoms with Gasteiger partial charge in [0, 0.05) is 44.7 Å². The second-order valence-electron chi connectivity index (χ2n) is 11.0. The molecule has 1 aromatic carbocycles. The molecule has 0 bridgehead atoms. The van der Waals surface area contributed by atoms with Crippen LogP contribution in [0.25, 0.3) is 11.3 Å². The molecule has 1 amide bonds. The summed E-state index contributed by atoms with van der Waals surface area (Å²) < 4.78 is 7.06. The van der Waals surface area contributed by atoms with Gasteiger partial charge in [-0.1, -0.05) is 17.3 Å². The highest BCUT2D eigenvalue weighted by molar-refractivity contribution is 5.92. The number of hydrogen-bond acceptors (Lipinski definition) is 9. The number of rotatable bonds is 8. The van der Waals surface area contributed by atoms with Crippen LogP contribution in [-0.4, -0.2) is 72.8 Å². The van der Waals surface area contributed by atoms with Gasteiger partial charge in [0.1, 0.15) is 0 Å². The Balaban J connectivity index is 1.42. The molecule has 1 aliphatic rings. The lowest BCUT2D eigenvalue weighted by molar-refractivity contribution is 0.0925. The van der Waals surface area contributed by atoms with Crippen LogP contribution >= 0.6 is 0 Å². The summed E-state index contributed by atoms with van der Waals surface area (Å²) in [5, 5.41) is 21.7. The van der Waals surface area contributed by atoms with Crippen LogP contribution in [0, 0.1) is 6.92 Å². The summed E-state index contributed by atoms with van der Waals surface area (Å²) in [5.41, 5.74) is 5.70. The zero-order valence-corrected chi connectivity index (χ0v) is 23.6. The van der Waals surface area contributed by atoms with Crippen molar-refractivity contribution in [3.8, 4) is 11.3 Å². The highest BCUT2D eigenvalue weighted by Crippen LogP contribution is 2.31. The molecule has 0 unspecified atom stereocenters. The van der Waals surface area contributed by atoms with Gasteiger partial charge in [-0.15, -0.1) is 5.10 Å². The molecule has 0 aliphatic carbocycles. The minimum Gasteiger partial charge on any atom is -0.383 e. The Morgan fingerprint density at radius 3 is 2.83 bits per heavy atom. The van der Waals surface area contributed by atoms with Crippen molar-refractivity contribution in [2.45, 2.75) is 52.2 Å². The standard InChI is InChI=1S/C28H36N10O2/c1-18-24(15-30-34-18)33-27-29-10-8-22(32-27)19-6-7-21-20(14-19)16-37(12-13-40-5)11-9-23(21)31-26(39)25-17-38(36-35-25)28(2,3)4/h6-8,10,14-15,17,23H,9,11-13,16H2,1-5H3,(H,30,34)(H,31,39)(H,29,32,33)/t23-/m1/s1. The van der Waals surface area contributed by atoms with Crippen LogP contribution in [0.3, 0.4) is 0 Å². The fourth-order valence-electron chi connectivity index (χ4n) is 4.70. The van der Waals surface area contributed by atoms with Crippen LogP contribution in [0.5, 0.6) is 0 Å². The number of carbonyl (C=O) groups is 1. The number of aromatic amines is 1. The number of ether oxygens (including phenoxy) is 1. The predicted octanol–water partition coefficient (Wildman–Crippen LogP) is 3.59. The summed E-state index contributed by atoms with van der Waals surface area (Å²) in [6, 6.07) is 8.03. The first-order valence-corrected chi connectivity index (χ1v) is 13.4. The maximum absolute atomic E-state index is 13.2. The van der Waals surface area contributed by atoms with E-state index in [1.807, 2.05) is 39.8 Å². The van der Waals surface area contributed by atoms with Crippen molar-refractivity contribution in [1.82, 2.24) is 45.4 Å². The highest BCUT2D eigenvalue weighted by atomic mass is 16.5. The van der Waals surface area contributed by atoms with E-state index in [4.69, 9.17) is 9.72 Å². The lowest BCUT2D eigenvalue weighted by Gasteiger charge is -2.20. The number of H-pyrrole nitrogens is 1. The summed E-state index contributed by atoms with van der Waals surface area (Å²) in [4.78, 5) is 24.7. The number of anilines is 2. The topological polar surface area (TPSA) is 139 Å². The van der Waals surface area contributed by atoms with Crippen molar-refractivity contribution in [2.24, 2.45) is 0 Å². The van der Waals surface area contributed by atoms with Crippen molar-refractivity contribution in [1.29, 1.82) is 0 Å². The monoisotopic (exact) mass is 544 g/mol. The molecule has 5 rings (SSSR count). The number of amides is 1. The molecule has 4 heterocycles. The van der Waals surface area contributed by atoms with Crippen molar-refractivity contribution in [3.05, 3.63) is 65.4 Å². The van der Waals surface area contributed by atoms with Gasteiger partial charge in [-0.3, -0.25) is 14.8 Å². The minimum atomic E-state index is -0.258. The summed E-state index contributed by atoms with van der Waals surface area (Å²) in [6.45, 7) is 11.0. The van der Waals surface area contributed by atoms with Crippen LogP contribution in [-0.2, 0) is 16.8 Å². The van der Waals surface area contributed by atoms with Crippen LogP contribution in [0.1, 0.15) is 60.5 Å². The molecular weight excluding hydrogens is 508 g/mol. The molecule has 12 heteroatoms. The molecule has 0 radical (unpaired) electrons. The molecule has 210 valence electrons. The van der Waals surface area contributed by atoms with Gasteiger partial charge in [-0.2, -0.15) is 5.10 Å². The molecule has 3 aromatic heterocycles. The third-order valence-electron chi connectivity index (χ3n) is 7.01. The molecule has 0 spiro atoms. The smallest absolute Gasteiger partial charge is 0.273 e. The first kappa shape index (κ1) is 27.4. The van der Waals surface area contributed by atoms with Crippen molar-refractivity contribution >= 4 is 17.5 Å². The number of aromatic nitrogens is 7. The van der Waals surface area contributed by atoms with E-state index in [2.05, 4.69) is 53.2 Å². The van der Waals surface area contributed by atoms with E-state index in [-0.39, 0.29) is 17.5 Å². The number of hydrogen-bond donors (Lipinski definition) is 3. The zero-order valence-electron chi connectivity index (χ0n) is 23.6. The maximum atomic E-state index is 13.2. The molecule has 1 atom stereocenters. The van der Waals surface area contributed by atoms with Crippen LogP contribution in [0.2, 0.25) is 0 Å². The molecule has 0 fully saturated rings. The molecule has 4 aromatic rings. The average molecular weight is 545 g/mol. The molecule has 12 nitrogen and oxygen atoms in total. The van der Waals surface area contributed by atoms with E-state index in [0.717, 1.165) is 59.8 Å². The van der Waals surface area contributed by atoms with Gasteiger partial charge in [-0.05, 0) is 57.4 Å². The molecule has 3 N–H and O–H groups in total. The number of carbonyl (C=O) groups excluding carboxylic acids is 1. The zero-order chi connectivity index (χ0) is 28.3. The maximum Gasteiger partial charge on any atom is 0.273 e. The fourth-order valence-corrected chi connectivity index (χ4v) is 4.70. The second-order valence-corrected chi connectivity index (χ2v) is 11.0. The summed E-state index contributed by atoms with van der Waals surface area (Å²) in [6.07, 6.45) is 5.98. The van der Waals surface area contributed by atoms with Crippen molar-refractivity contribution in [3.63, 3.8) is 0 Å². The van der Waals surface area contributed by atoms with Gasteiger partial charge in [0.2, 0.25) is 5.95 Å². The Morgan fingerprint density at radius 1 is 1.25 bits per heavy atom. The lowest BCUT2D eigenvalue weighted by Crippen LogP contribution is -2.31. The first-order valence-electron chi connectivity index (χ1n) is 13.4. The quantitative estimate of drug-likeness (QED) is 0.304. The summed E-state index contributed by atoms with van der Waals surface area (Å²) in [5.74, 6) is 0.258. The van der Waals surface area contributed by atoms with E-state index in [1.54, 1.807) is 30.4 Å². The Bertz CT molecular complexity index is 1470. The van der Waals surface area contributed by atoms with Gasteiger partial charge in [0.25, 0.3) is 5.91 Å². The second kappa shape index (κ2) is 11.5. The third-order valence-corrected chi connectivity index (χ3v) is 7.01. The average Bonchev–Trinajstić information content (AvgIpc) is 3.55. The van der Waals surface area contributed by atoms with Crippen LogP contribution in [0.4, 0.5) is 11.6 Å². The molecular formula is C28H36N10O2. The SMILES string of the molecule is COCCN1CC[C@@H](NC(=O)c2cn(C(C)(C)C)nn2)c2ccc(-c3ccnc(Nc4c[nH]nc4C)n3)cc2C1.